The molecule has 3 heteroatoms. The molecule has 0 radical (unpaired) electrons. The smallest absolute Gasteiger partial charge is 0.223 e. The summed E-state index contributed by atoms with van der Waals surface area (Å²) in [5, 5.41) is 0. The minimum atomic E-state index is -1.34. The highest BCUT2D eigenvalue weighted by atomic mass is 28.4. The zero-order valence-corrected chi connectivity index (χ0v) is 8.85. The SMILES string of the molecule is [C-]#[N+]C(C)CCO[Si](C)(C)C. The standard InChI is InChI=1S/C8H17NOSi/c1-8(9-2)6-7-10-11(3,4)5/h8H,6-7H2,1,3-5H3. The summed E-state index contributed by atoms with van der Waals surface area (Å²) >= 11 is 0. The van der Waals surface area contributed by atoms with Crippen molar-refractivity contribution in [1.29, 1.82) is 0 Å². The van der Waals surface area contributed by atoms with Gasteiger partial charge in [-0.2, -0.15) is 0 Å². The molecule has 0 saturated carbocycles. The largest absolute Gasteiger partial charge is 0.417 e. The quantitative estimate of drug-likeness (QED) is 0.468. The molecular weight excluding hydrogens is 154 g/mol. The Hall–Kier alpha value is -0.333. The maximum absolute atomic E-state index is 6.72. The second-order valence-electron chi connectivity index (χ2n) is 3.73. The zero-order chi connectivity index (χ0) is 8.91. The van der Waals surface area contributed by atoms with E-state index < -0.39 is 8.32 Å². The van der Waals surface area contributed by atoms with Gasteiger partial charge in [0.1, 0.15) is 0 Å². The van der Waals surface area contributed by atoms with Gasteiger partial charge in [0, 0.05) is 20.0 Å². The minimum absolute atomic E-state index is 0.117. The molecule has 2 nitrogen and oxygen atoms in total. The van der Waals surface area contributed by atoms with Crippen molar-refractivity contribution in [2.45, 2.75) is 39.0 Å². The van der Waals surface area contributed by atoms with Gasteiger partial charge in [-0.15, -0.1) is 0 Å². The second-order valence-corrected chi connectivity index (χ2v) is 8.24. The highest BCUT2D eigenvalue weighted by Crippen LogP contribution is 2.05. The van der Waals surface area contributed by atoms with E-state index in [0.29, 0.717) is 0 Å². The van der Waals surface area contributed by atoms with Crippen LogP contribution in [-0.2, 0) is 4.43 Å². The lowest BCUT2D eigenvalue weighted by Gasteiger charge is -2.16. The van der Waals surface area contributed by atoms with E-state index in [0.717, 1.165) is 13.0 Å². The lowest BCUT2D eigenvalue weighted by atomic mass is 10.3. The summed E-state index contributed by atoms with van der Waals surface area (Å²) in [5.74, 6) is 0. The van der Waals surface area contributed by atoms with Crippen molar-refractivity contribution in [3.05, 3.63) is 11.4 Å². The number of rotatable bonds is 4. The van der Waals surface area contributed by atoms with E-state index in [1.54, 1.807) is 0 Å². The normalized spacial score (nSPS) is 14.1. The molecule has 0 aliphatic heterocycles. The van der Waals surface area contributed by atoms with Crippen molar-refractivity contribution in [1.82, 2.24) is 0 Å². The van der Waals surface area contributed by atoms with E-state index in [2.05, 4.69) is 24.5 Å². The molecular formula is C8H17NOSi. The Morgan fingerprint density at radius 1 is 1.45 bits per heavy atom. The van der Waals surface area contributed by atoms with Gasteiger partial charge in [-0.05, 0) is 19.6 Å². The van der Waals surface area contributed by atoms with Gasteiger partial charge in [0.15, 0.2) is 8.32 Å². The zero-order valence-electron chi connectivity index (χ0n) is 7.85. The Morgan fingerprint density at radius 2 is 2.00 bits per heavy atom. The first-order chi connectivity index (χ1) is 4.95. The molecule has 0 aliphatic carbocycles. The molecule has 0 amide bonds. The van der Waals surface area contributed by atoms with Crippen LogP contribution >= 0.6 is 0 Å². The van der Waals surface area contributed by atoms with Gasteiger partial charge in [-0.25, -0.2) is 6.57 Å². The summed E-state index contributed by atoms with van der Waals surface area (Å²) in [5.41, 5.74) is 0. The first kappa shape index (κ1) is 10.7. The van der Waals surface area contributed by atoms with Gasteiger partial charge in [-0.3, -0.25) is 0 Å². The Bertz CT molecular complexity index is 145. The van der Waals surface area contributed by atoms with E-state index in [1.165, 1.54) is 0 Å². The van der Waals surface area contributed by atoms with E-state index >= 15 is 0 Å². The first-order valence-electron chi connectivity index (χ1n) is 3.96. The topological polar surface area (TPSA) is 13.6 Å². The third-order valence-corrected chi connectivity index (χ3v) is 2.36. The molecule has 64 valence electrons. The fraction of sp³-hybridized carbons (Fsp3) is 0.875. The van der Waals surface area contributed by atoms with Crippen LogP contribution in [0.25, 0.3) is 4.85 Å². The highest BCUT2D eigenvalue weighted by Gasteiger charge is 2.14. The molecule has 0 aromatic carbocycles. The van der Waals surface area contributed by atoms with Crippen molar-refractivity contribution in [3.63, 3.8) is 0 Å². The van der Waals surface area contributed by atoms with Gasteiger partial charge < -0.3 is 9.27 Å². The molecule has 0 spiro atoms. The van der Waals surface area contributed by atoms with E-state index in [1.807, 2.05) is 6.92 Å². The average Bonchev–Trinajstić information content (AvgIpc) is 1.85. The molecule has 0 N–H and O–H groups in total. The van der Waals surface area contributed by atoms with E-state index in [4.69, 9.17) is 11.0 Å². The third-order valence-electron chi connectivity index (χ3n) is 1.29. The molecule has 1 atom stereocenters. The molecule has 0 saturated heterocycles. The van der Waals surface area contributed by atoms with Crippen LogP contribution in [0.3, 0.4) is 0 Å². The van der Waals surface area contributed by atoms with Gasteiger partial charge in [0.25, 0.3) is 0 Å². The van der Waals surface area contributed by atoms with Crippen molar-refractivity contribution < 1.29 is 4.43 Å². The van der Waals surface area contributed by atoms with Crippen LogP contribution in [0.15, 0.2) is 0 Å². The maximum Gasteiger partial charge on any atom is 0.223 e. The van der Waals surface area contributed by atoms with Crippen molar-refractivity contribution in [2.75, 3.05) is 6.61 Å². The number of hydrogen-bond donors (Lipinski definition) is 0. The molecule has 0 fully saturated rings. The van der Waals surface area contributed by atoms with Gasteiger partial charge >= 0.3 is 0 Å². The summed E-state index contributed by atoms with van der Waals surface area (Å²) in [6.07, 6.45) is 0.869. The summed E-state index contributed by atoms with van der Waals surface area (Å²) in [4.78, 5) is 3.39. The predicted octanol–water partition coefficient (Wildman–Crippen LogP) is 2.54. The van der Waals surface area contributed by atoms with Gasteiger partial charge in [0.05, 0.1) is 0 Å². The lowest BCUT2D eigenvalue weighted by molar-refractivity contribution is 0.300. The average molecular weight is 171 g/mol. The Balaban J connectivity index is 3.37. The van der Waals surface area contributed by atoms with Crippen LogP contribution in [0.2, 0.25) is 19.6 Å². The van der Waals surface area contributed by atoms with E-state index in [9.17, 15) is 0 Å². The van der Waals surface area contributed by atoms with Crippen LogP contribution in [0.4, 0.5) is 0 Å². The van der Waals surface area contributed by atoms with Crippen molar-refractivity contribution in [2.24, 2.45) is 0 Å². The fourth-order valence-electron chi connectivity index (χ4n) is 0.600. The molecule has 0 heterocycles. The van der Waals surface area contributed by atoms with Crippen LogP contribution in [0.5, 0.6) is 0 Å². The number of nitrogens with zero attached hydrogens (tertiary/aromatic N) is 1. The summed E-state index contributed by atoms with van der Waals surface area (Å²) < 4.78 is 5.60. The van der Waals surface area contributed by atoms with Crippen LogP contribution in [0.1, 0.15) is 13.3 Å². The van der Waals surface area contributed by atoms with Crippen molar-refractivity contribution in [3.8, 4) is 0 Å². The van der Waals surface area contributed by atoms with E-state index in [-0.39, 0.29) is 6.04 Å². The van der Waals surface area contributed by atoms with Gasteiger partial charge in [-0.1, -0.05) is 0 Å². The minimum Gasteiger partial charge on any atom is -0.417 e. The Morgan fingerprint density at radius 3 is 2.36 bits per heavy atom. The fourth-order valence-corrected chi connectivity index (χ4v) is 1.33. The highest BCUT2D eigenvalue weighted by molar-refractivity contribution is 6.69. The Kier molecular flexibility index (Phi) is 4.39. The summed E-state index contributed by atoms with van der Waals surface area (Å²) in [6, 6.07) is 0.117. The summed E-state index contributed by atoms with van der Waals surface area (Å²) in [6.45, 7) is 15.9. The lowest BCUT2D eigenvalue weighted by Crippen LogP contribution is -2.26. The van der Waals surface area contributed by atoms with Gasteiger partial charge in [0.2, 0.25) is 6.04 Å². The van der Waals surface area contributed by atoms with Crippen LogP contribution in [-0.4, -0.2) is 21.0 Å². The number of hydrogen-bond acceptors (Lipinski definition) is 1. The monoisotopic (exact) mass is 171 g/mol. The maximum atomic E-state index is 6.72. The molecule has 0 bridgehead atoms. The third kappa shape index (κ3) is 7.56. The molecule has 11 heavy (non-hydrogen) atoms. The molecule has 1 unspecified atom stereocenters. The van der Waals surface area contributed by atoms with Crippen molar-refractivity contribution >= 4 is 8.32 Å². The molecule has 0 aromatic heterocycles. The van der Waals surface area contributed by atoms with Crippen LogP contribution < -0.4 is 0 Å². The second kappa shape index (κ2) is 4.53. The molecule has 0 aromatic rings. The molecule has 0 rings (SSSR count). The molecule has 0 aliphatic rings. The predicted molar refractivity (Wildman–Crippen MR) is 50.0 cm³/mol. The Labute approximate surface area is 70.5 Å². The van der Waals surface area contributed by atoms with Crippen LogP contribution in [0, 0.1) is 6.57 Å². The first-order valence-corrected chi connectivity index (χ1v) is 7.37. The summed E-state index contributed by atoms with van der Waals surface area (Å²) in [7, 11) is -1.34.